The van der Waals surface area contributed by atoms with Crippen LogP contribution >= 0.6 is 15.9 Å². The highest BCUT2D eigenvalue weighted by Gasteiger charge is 2.23. The molecule has 0 amide bonds. The average Bonchev–Trinajstić information content (AvgIpc) is 3.09. The van der Waals surface area contributed by atoms with Gasteiger partial charge in [0.1, 0.15) is 0 Å². The molecule has 29 heavy (non-hydrogen) atoms. The van der Waals surface area contributed by atoms with Crippen LogP contribution in [0.5, 0.6) is 0 Å². The van der Waals surface area contributed by atoms with Crippen molar-refractivity contribution in [3.63, 3.8) is 0 Å². The summed E-state index contributed by atoms with van der Waals surface area (Å²) in [5.74, 6) is 0. The highest BCUT2D eigenvalue weighted by molar-refractivity contribution is 9.10. The molecule has 4 aromatic rings. The number of fused-ring (bicyclic) bond motifs is 3. The first kappa shape index (κ1) is 20.1. The van der Waals surface area contributed by atoms with Crippen molar-refractivity contribution >= 4 is 37.7 Å². The molecule has 0 aliphatic carbocycles. The van der Waals surface area contributed by atoms with E-state index in [-0.39, 0.29) is 6.04 Å². The second kappa shape index (κ2) is 8.66. The van der Waals surface area contributed by atoms with Crippen LogP contribution in [0.3, 0.4) is 0 Å². The zero-order valence-corrected chi connectivity index (χ0v) is 18.7. The van der Waals surface area contributed by atoms with Crippen LogP contribution in [0, 0.1) is 0 Å². The van der Waals surface area contributed by atoms with Gasteiger partial charge in [-0.1, -0.05) is 52.3 Å². The first-order chi connectivity index (χ1) is 14.1. The van der Waals surface area contributed by atoms with Gasteiger partial charge in [-0.2, -0.15) is 0 Å². The number of nitrogens with zero attached hydrogens (tertiary/aromatic N) is 2. The lowest BCUT2D eigenvalue weighted by atomic mass is 9.95. The molecule has 0 spiro atoms. The molecule has 2 unspecified atom stereocenters. The van der Waals surface area contributed by atoms with Crippen LogP contribution in [0.4, 0.5) is 0 Å². The van der Waals surface area contributed by atoms with Gasteiger partial charge in [-0.25, -0.2) is 0 Å². The van der Waals surface area contributed by atoms with Crippen molar-refractivity contribution in [2.45, 2.75) is 24.9 Å². The Labute approximate surface area is 180 Å². The van der Waals surface area contributed by atoms with Gasteiger partial charge in [-0.15, -0.1) is 0 Å². The maximum Gasteiger partial charge on any atom is 0.0673 e. The Balaban J connectivity index is 1.71. The molecule has 0 fully saturated rings. The van der Waals surface area contributed by atoms with Crippen LogP contribution in [-0.4, -0.2) is 42.1 Å². The molecule has 5 heteroatoms. The standard InChI is InChI=1S/C24H27BrN4/c1-26-22(15-18(29(2)3)13-16-7-5-4-6-8-16)24-23-19-10-9-17(25)14-21(19)28-20(23)11-12-27-24/h4-12,14,18,22,26,28H,13,15H2,1-3H3. The van der Waals surface area contributed by atoms with E-state index in [1.165, 1.54) is 16.3 Å². The molecule has 4 nitrogen and oxygen atoms in total. The van der Waals surface area contributed by atoms with Crippen molar-refractivity contribution in [3.05, 3.63) is 76.5 Å². The van der Waals surface area contributed by atoms with E-state index in [1.807, 2.05) is 13.2 Å². The van der Waals surface area contributed by atoms with Crippen molar-refractivity contribution in [1.82, 2.24) is 20.2 Å². The Bertz CT molecular complexity index is 1100. The number of nitrogens with one attached hydrogen (secondary N) is 2. The average molecular weight is 451 g/mol. The molecule has 0 saturated carbocycles. The largest absolute Gasteiger partial charge is 0.354 e. The first-order valence-corrected chi connectivity index (χ1v) is 10.8. The Morgan fingerprint density at radius 2 is 1.86 bits per heavy atom. The second-order valence-electron chi connectivity index (χ2n) is 7.82. The van der Waals surface area contributed by atoms with Crippen LogP contribution in [0.25, 0.3) is 21.8 Å². The zero-order valence-electron chi connectivity index (χ0n) is 17.1. The molecule has 0 radical (unpaired) electrons. The normalized spacial score (nSPS) is 14.0. The fourth-order valence-electron chi connectivity index (χ4n) is 4.11. The van der Waals surface area contributed by atoms with Crippen molar-refractivity contribution in [1.29, 1.82) is 0 Å². The third-order valence-corrected chi connectivity index (χ3v) is 6.22. The van der Waals surface area contributed by atoms with Gasteiger partial charge < -0.3 is 15.2 Å². The number of hydrogen-bond acceptors (Lipinski definition) is 3. The summed E-state index contributed by atoms with van der Waals surface area (Å²) >= 11 is 3.58. The summed E-state index contributed by atoms with van der Waals surface area (Å²) < 4.78 is 1.08. The van der Waals surface area contributed by atoms with Crippen molar-refractivity contribution in [2.75, 3.05) is 21.1 Å². The van der Waals surface area contributed by atoms with Crippen molar-refractivity contribution < 1.29 is 0 Å². The summed E-state index contributed by atoms with van der Waals surface area (Å²) in [6.45, 7) is 0. The van der Waals surface area contributed by atoms with Gasteiger partial charge in [-0.05, 0) is 57.7 Å². The predicted molar refractivity (Wildman–Crippen MR) is 125 cm³/mol. The minimum absolute atomic E-state index is 0.164. The maximum atomic E-state index is 4.83. The molecule has 2 N–H and O–H groups in total. The van der Waals surface area contributed by atoms with Gasteiger partial charge in [0.25, 0.3) is 0 Å². The summed E-state index contributed by atoms with van der Waals surface area (Å²) in [5.41, 5.74) is 4.74. The summed E-state index contributed by atoms with van der Waals surface area (Å²) in [6, 6.07) is 19.8. The molecular formula is C24H27BrN4. The smallest absolute Gasteiger partial charge is 0.0673 e. The third kappa shape index (κ3) is 4.22. The van der Waals surface area contributed by atoms with E-state index in [2.05, 4.69) is 99.8 Å². The summed E-state index contributed by atoms with van der Waals surface area (Å²) in [6.07, 6.45) is 3.91. The predicted octanol–water partition coefficient (Wildman–Crippen LogP) is 5.30. The Morgan fingerprint density at radius 3 is 2.59 bits per heavy atom. The number of aromatic amines is 1. The van der Waals surface area contributed by atoms with Crippen molar-refractivity contribution in [3.8, 4) is 0 Å². The lowest BCUT2D eigenvalue weighted by Crippen LogP contribution is -2.34. The Kier molecular flexibility index (Phi) is 5.99. The van der Waals surface area contributed by atoms with E-state index < -0.39 is 0 Å². The molecule has 2 atom stereocenters. The number of rotatable bonds is 7. The SMILES string of the molecule is CNC(CC(Cc1ccccc1)N(C)C)c1nccc2[nH]c3cc(Br)ccc3c12. The molecule has 150 valence electrons. The van der Waals surface area contributed by atoms with E-state index in [4.69, 9.17) is 4.98 Å². The topological polar surface area (TPSA) is 44.0 Å². The molecule has 0 aliphatic heterocycles. The molecule has 2 heterocycles. The fourth-order valence-corrected chi connectivity index (χ4v) is 4.47. The molecule has 0 bridgehead atoms. The quantitative estimate of drug-likeness (QED) is 0.401. The van der Waals surface area contributed by atoms with Crippen LogP contribution in [0.15, 0.2) is 65.3 Å². The lowest BCUT2D eigenvalue weighted by molar-refractivity contribution is 0.253. The van der Waals surface area contributed by atoms with E-state index in [0.717, 1.165) is 34.0 Å². The van der Waals surface area contributed by atoms with Crippen LogP contribution in [0.2, 0.25) is 0 Å². The van der Waals surface area contributed by atoms with Crippen LogP contribution in [-0.2, 0) is 6.42 Å². The number of hydrogen-bond donors (Lipinski definition) is 2. The molecular weight excluding hydrogens is 424 g/mol. The van der Waals surface area contributed by atoms with E-state index >= 15 is 0 Å². The molecule has 0 saturated heterocycles. The minimum Gasteiger partial charge on any atom is -0.354 e. The third-order valence-electron chi connectivity index (χ3n) is 5.73. The number of aromatic nitrogens is 2. The fraction of sp³-hybridized carbons (Fsp3) is 0.292. The van der Waals surface area contributed by atoms with Gasteiger partial charge in [0.2, 0.25) is 0 Å². The van der Waals surface area contributed by atoms with Crippen molar-refractivity contribution in [2.24, 2.45) is 0 Å². The van der Waals surface area contributed by atoms with Gasteiger partial charge in [0.15, 0.2) is 0 Å². The summed E-state index contributed by atoms with van der Waals surface area (Å²) in [7, 11) is 6.36. The molecule has 2 aromatic carbocycles. The van der Waals surface area contributed by atoms with Gasteiger partial charge >= 0.3 is 0 Å². The second-order valence-corrected chi connectivity index (χ2v) is 8.73. The van der Waals surface area contributed by atoms with E-state index in [1.54, 1.807) is 0 Å². The maximum absolute atomic E-state index is 4.83. The zero-order chi connectivity index (χ0) is 20.4. The van der Waals surface area contributed by atoms with E-state index in [9.17, 15) is 0 Å². The lowest BCUT2D eigenvalue weighted by Gasteiger charge is -2.29. The molecule has 2 aromatic heterocycles. The van der Waals surface area contributed by atoms with Gasteiger partial charge in [0, 0.05) is 38.5 Å². The van der Waals surface area contributed by atoms with Gasteiger partial charge in [0.05, 0.1) is 11.7 Å². The van der Waals surface area contributed by atoms with Crippen LogP contribution in [0.1, 0.15) is 23.7 Å². The summed E-state index contributed by atoms with van der Waals surface area (Å²) in [4.78, 5) is 10.7. The van der Waals surface area contributed by atoms with Crippen LogP contribution < -0.4 is 5.32 Å². The number of pyridine rings is 1. The first-order valence-electron chi connectivity index (χ1n) is 10.00. The number of halogens is 1. The highest BCUT2D eigenvalue weighted by Crippen LogP contribution is 2.33. The Morgan fingerprint density at radius 1 is 1.07 bits per heavy atom. The van der Waals surface area contributed by atoms with E-state index in [0.29, 0.717) is 6.04 Å². The highest BCUT2D eigenvalue weighted by atomic mass is 79.9. The number of likely N-dealkylation sites (N-methyl/N-ethyl adjacent to an activating group) is 1. The minimum atomic E-state index is 0.164. The molecule has 0 aliphatic rings. The van der Waals surface area contributed by atoms with Gasteiger partial charge in [-0.3, -0.25) is 4.98 Å². The summed E-state index contributed by atoms with van der Waals surface area (Å²) in [5, 5.41) is 5.97. The number of benzene rings is 2. The Hall–Kier alpha value is -2.21. The monoisotopic (exact) mass is 450 g/mol. The number of H-pyrrole nitrogens is 1. The molecule has 4 rings (SSSR count).